The molecule has 0 spiro atoms. The van der Waals surface area contributed by atoms with E-state index in [4.69, 9.17) is 20.5 Å². The zero-order chi connectivity index (χ0) is 11.7. The molecule has 0 aliphatic rings. The van der Waals surface area contributed by atoms with Gasteiger partial charge in [0.15, 0.2) is 5.58 Å². The smallest absolute Gasteiger partial charge is 0.257 e. The number of hydrogen-bond donors (Lipinski definition) is 0. The van der Waals surface area contributed by atoms with E-state index in [1.54, 1.807) is 18.4 Å². The van der Waals surface area contributed by atoms with E-state index in [9.17, 15) is 0 Å². The predicted octanol–water partition coefficient (Wildman–Crippen LogP) is 3.76. The third-order valence-electron chi connectivity index (χ3n) is 2.16. The van der Waals surface area contributed by atoms with Crippen molar-refractivity contribution in [1.29, 1.82) is 0 Å². The first-order chi connectivity index (χ1) is 8.31. The number of benzene rings is 1. The van der Waals surface area contributed by atoms with Gasteiger partial charge in [-0.1, -0.05) is 28.5 Å². The number of nitrogens with zero attached hydrogens (tertiary/aromatic N) is 2. The van der Waals surface area contributed by atoms with E-state index in [1.165, 1.54) is 11.8 Å². The highest BCUT2D eigenvalue weighted by molar-refractivity contribution is 7.98. The largest absolute Gasteiger partial charge is 0.431 e. The monoisotopic (exact) mass is 266 g/mol. The van der Waals surface area contributed by atoms with E-state index < -0.39 is 0 Å². The molecule has 0 radical (unpaired) electrons. The number of halogens is 1. The van der Waals surface area contributed by atoms with Crippen LogP contribution in [0.3, 0.4) is 0 Å². The summed E-state index contributed by atoms with van der Waals surface area (Å²) in [6, 6.07) is 7.18. The number of thioether (sulfide) groups is 1. The molecule has 86 valence electrons. The summed E-state index contributed by atoms with van der Waals surface area (Å²) in [7, 11) is 0. The molecule has 2 aromatic heterocycles. The summed E-state index contributed by atoms with van der Waals surface area (Å²) in [5, 5.41) is 5.07. The van der Waals surface area contributed by atoms with Crippen LogP contribution in [-0.4, -0.2) is 10.1 Å². The van der Waals surface area contributed by atoms with Crippen molar-refractivity contribution < 1.29 is 8.94 Å². The van der Waals surface area contributed by atoms with Crippen molar-refractivity contribution in [2.75, 3.05) is 0 Å². The summed E-state index contributed by atoms with van der Waals surface area (Å²) in [4.78, 5) is 4.33. The Morgan fingerprint density at radius 3 is 3.06 bits per heavy atom. The van der Waals surface area contributed by atoms with E-state index in [-0.39, 0.29) is 0 Å². The average Bonchev–Trinajstić information content (AvgIpc) is 2.94. The van der Waals surface area contributed by atoms with Crippen LogP contribution in [0.2, 0.25) is 5.02 Å². The number of hydrogen-bond acceptors (Lipinski definition) is 5. The van der Waals surface area contributed by atoms with Crippen molar-refractivity contribution in [3.05, 3.63) is 41.2 Å². The van der Waals surface area contributed by atoms with Crippen LogP contribution in [0.1, 0.15) is 5.69 Å². The molecular formula is C11H7ClN2O2S. The normalized spacial score (nSPS) is 11.1. The summed E-state index contributed by atoms with van der Waals surface area (Å²) >= 11 is 7.34. The van der Waals surface area contributed by atoms with Crippen LogP contribution in [0.4, 0.5) is 0 Å². The molecule has 2 heterocycles. The van der Waals surface area contributed by atoms with Gasteiger partial charge in [-0.2, -0.15) is 0 Å². The highest BCUT2D eigenvalue weighted by Crippen LogP contribution is 2.27. The van der Waals surface area contributed by atoms with Gasteiger partial charge in [-0.15, -0.1) is 0 Å². The standard InChI is InChI=1S/C11H7ClN2O2S/c12-7-1-2-10-9(5-7)13-11(16-10)17-6-8-3-4-15-14-8/h1-5H,6H2. The second kappa shape index (κ2) is 4.43. The fourth-order valence-electron chi connectivity index (χ4n) is 1.39. The highest BCUT2D eigenvalue weighted by atomic mass is 35.5. The van der Waals surface area contributed by atoms with E-state index >= 15 is 0 Å². The third-order valence-corrected chi connectivity index (χ3v) is 3.26. The molecule has 0 N–H and O–H groups in total. The minimum absolute atomic E-state index is 0.602. The van der Waals surface area contributed by atoms with E-state index in [0.29, 0.717) is 16.0 Å². The number of aromatic nitrogens is 2. The van der Waals surface area contributed by atoms with Gasteiger partial charge in [0.25, 0.3) is 5.22 Å². The van der Waals surface area contributed by atoms with Crippen molar-refractivity contribution in [2.45, 2.75) is 11.0 Å². The SMILES string of the molecule is Clc1ccc2oc(SCc3ccon3)nc2c1. The zero-order valence-electron chi connectivity index (χ0n) is 8.59. The molecule has 0 amide bonds. The lowest BCUT2D eigenvalue weighted by molar-refractivity contribution is 0.414. The molecule has 17 heavy (non-hydrogen) atoms. The van der Waals surface area contributed by atoms with Crippen molar-refractivity contribution in [2.24, 2.45) is 0 Å². The average molecular weight is 267 g/mol. The van der Waals surface area contributed by atoms with Crippen molar-refractivity contribution in [3.8, 4) is 0 Å². The van der Waals surface area contributed by atoms with Gasteiger partial charge in [0.05, 0.1) is 5.69 Å². The summed E-state index contributed by atoms with van der Waals surface area (Å²) < 4.78 is 10.3. The molecule has 0 bridgehead atoms. The Morgan fingerprint density at radius 2 is 2.24 bits per heavy atom. The molecule has 3 rings (SSSR count). The Balaban J connectivity index is 1.81. The summed E-state index contributed by atoms with van der Waals surface area (Å²) in [5.74, 6) is 0.664. The lowest BCUT2D eigenvalue weighted by Crippen LogP contribution is -1.78. The maximum absolute atomic E-state index is 5.88. The number of fused-ring (bicyclic) bond motifs is 1. The molecule has 0 saturated carbocycles. The molecule has 6 heteroatoms. The maximum atomic E-state index is 5.88. The Morgan fingerprint density at radius 1 is 1.29 bits per heavy atom. The minimum atomic E-state index is 0.602. The topological polar surface area (TPSA) is 52.1 Å². The van der Waals surface area contributed by atoms with Gasteiger partial charge in [-0.05, 0) is 18.2 Å². The second-order valence-corrected chi connectivity index (χ2v) is 4.73. The second-order valence-electron chi connectivity index (χ2n) is 3.37. The van der Waals surface area contributed by atoms with E-state index in [1.807, 2.05) is 12.1 Å². The van der Waals surface area contributed by atoms with Crippen LogP contribution in [0.25, 0.3) is 11.1 Å². The molecule has 4 nitrogen and oxygen atoms in total. The van der Waals surface area contributed by atoms with Gasteiger partial charge in [0.1, 0.15) is 11.8 Å². The Bertz CT molecular complexity index is 636. The number of oxazole rings is 1. The van der Waals surface area contributed by atoms with Gasteiger partial charge in [-0.3, -0.25) is 0 Å². The van der Waals surface area contributed by atoms with Gasteiger partial charge in [-0.25, -0.2) is 4.98 Å². The van der Waals surface area contributed by atoms with Gasteiger partial charge < -0.3 is 8.94 Å². The zero-order valence-corrected chi connectivity index (χ0v) is 10.2. The number of rotatable bonds is 3. The van der Waals surface area contributed by atoms with Gasteiger partial charge >= 0.3 is 0 Å². The van der Waals surface area contributed by atoms with Crippen LogP contribution < -0.4 is 0 Å². The Kier molecular flexibility index (Phi) is 2.78. The first-order valence-electron chi connectivity index (χ1n) is 4.89. The fraction of sp³-hybridized carbons (Fsp3) is 0.0909. The van der Waals surface area contributed by atoms with Crippen molar-refractivity contribution >= 4 is 34.5 Å². The summed E-state index contributed by atoms with van der Waals surface area (Å²) in [5.41, 5.74) is 2.35. The molecule has 3 aromatic rings. The molecule has 0 fully saturated rings. The lowest BCUT2D eigenvalue weighted by atomic mass is 10.3. The lowest BCUT2D eigenvalue weighted by Gasteiger charge is -1.89. The van der Waals surface area contributed by atoms with Crippen LogP contribution in [-0.2, 0) is 5.75 Å². The highest BCUT2D eigenvalue weighted by Gasteiger charge is 2.07. The molecule has 0 unspecified atom stereocenters. The summed E-state index contributed by atoms with van der Waals surface area (Å²) in [6.07, 6.45) is 1.54. The van der Waals surface area contributed by atoms with Crippen LogP contribution in [0, 0.1) is 0 Å². The molecular weight excluding hydrogens is 260 g/mol. The van der Waals surface area contributed by atoms with Crippen molar-refractivity contribution in [1.82, 2.24) is 10.1 Å². The third kappa shape index (κ3) is 2.30. The fourth-order valence-corrected chi connectivity index (χ4v) is 2.29. The molecule has 0 aliphatic carbocycles. The Labute approximate surface area is 106 Å². The quantitative estimate of drug-likeness (QED) is 0.676. The van der Waals surface area contributed by atoms with Crippen LogP contribution >= 0.6 is 23.4 Å². The van der Waals surface area contributed by atoms with E-state index in [2.05, 4.69) is 10.1 Å². The summed E-state index contributed by atoms with van der Waals surface area (Å²) in [6.45, 7) is 0. The predicted molar refractivity (Wildman–Crippen MR) is 65.1 cm³/mol. The van der Waals surface area contributed by atoms with Gasteiger partial charge in [0, 0.05) is 16.8 Å². The minimum Gasteiger partial charge on any atom is -0.431 e. The van der Waals surface area contributed by atoms with Crippen LogP contribution in [0.5, 0.6) is 0 Å². The first kappa shape index (κ1) is 10.7. The molecule has 0 atom stereocenters. The van der Waals surface area contributed by atoms with Gasteiger partial charge in [0.2, 0.25) is 0 Å². The van der Waals surface area contributed by atoms with E-state index in [0.717, 1.165) is 16.8 Å². The van der Waals surface area contributed by atoms with Crippen LogP contribution in [0.15, 0.2) is 44.7 Å². The molecule has 0 aliphatic heterocycles. The molecule has 0 saturated heterocycles. The Hall–Kier alpha value is -1.46. The molecule has 1 aromatic carbocycles. The van der Waals surface area contributed by atoms with Crippen molar-refractivity contribution in [3.63, 3.8) is 0 Å². The first-order valence-corrected chi connectivity index (χ1v) is 6.26. The maximum Gasteiger partial charge on any atom is 0.257 e.